The highest BCUT2D eigenvalue weighted by atomic mass is 16.4. The Labute approximate surface area is 71.1 Å². The highest BCUT2D eigenvalue weighted by Crippen LogP contribution is 2.22. The van der Waals surface area contributed by atoms with Crippen LogP contribution in [0.4, 0.5) is 0 Å². The van der Waals surface area contributed by atoms with Gasteiger partial charge in [0.1, 0.15) is 5.92 Å². The largest absolute Gasteiger partial charge is 0.481 e. The third-order valence-corrected chi connectivity index (χ3v) is 2.16. The van der Waals surface area contributed by atoms with Crippen LogP contribution in [-0.4, -0.2) is 16.9 Å². The lowest BCUT2D eigenvalue weighted by Crippen LogP contribution is -2.27. The maximum Gasteiger partial charge on any atom is 0.314 e. The van der Waals surface area contributed by atoms with E-state index in [-0.39, 0.29) is 5.78 Å². The molecule has 66 valence electrons. The molecule has 1 unspecified atom stereocenters. The first kappa shape index (κ1) is 8.97. The van der Waals surface area contributed by atoms with Crippen molar-refractivity contribution in [2.24, 2.45) is 5.92 Å². The van der Waals surface area contributed by atoms with E-state index in [2.05, 4.69) is 0 Å². The Bertz CT molecular complexity index is 240. The number of carboxylic acids is 1. The average molecular weight is 168 g/mol. The van der Waals surface area contributed by atoms with Gasteiger partial charge in [0.25, 0.3) is 0 Å². The molecule has 0 radical (unpaired) electrons. The van der Waals surface area contributed by atoms with Gasteiger partial charge in [-0.3, -0.25) is 9.59 Å². The molecule has 0 aromatic carbocycles. The maximum atomic E-state index is 11.3. The molecule has 3 heteroatoms. The minimum atomic E-state index is -0.987. The van der Waals surface area contributed by atoms with Crippen LogP contribution in [0.15, 0.2) is 11.6 Å². The van der Waals surface area contributed by atoms with E-state index < -0.39 is 11.9 Å². The molecule has 0 saturated heterocycles. The zero-order valence-electron chi connectivity index (χ0n) is 7.04. The van der Waals surface area contributed by atoms with Gasteiger partial charge in [-0.05, 0) is 24.8 Å². The molecule has 0 aromatic rings. The van der Waals surface area contributed by atoms with Crippen molar-refractivity contribution in [2.45, 2.75) is 26.2 Å². The summed E-state index contributed by atoms with van der Waals surface area (Å²) in [5, 5.41) is 8.67. The predicted octanol–water partition coefficient (Wildman–Crippen LogP) is 1.39. The zero-order valence-corrected chi connectivity index (χ0v) is 7.04. The van der Waals surface area contributed by atoms with Gasteiger partial charge in [0.15, 0.2) is 5.78 Å². The molecule has 0 bridgehead atoms. The van der Waals surface area contributed by atoms with Crippen molar-refractivity contribution in [1.82, 2.24) is 0 Å². The summed E-state index contributed by atoms with van der Waals surface area (Å²) < 4.78 is 0. The van der Waals surface area contributed by atoms with Crippen molar-refractivity contribution in [3.63, 3.8) is 0 Å². The summed E-state index contributed by atoms with van der Waals surface area (Å²) >= 11 is 0. The maximum absolute atomic E-state index is 11.3. The van der Waals surface area contributed by atoms with E-state index >= 15 is 0 Å². The van der Waals surface area contributed by atoms with Crippen LogP contribution in [0.5, 0.6) is 0 Å². The van der Waals surface area contributed by atoms with Gasteiger partial charge in [0.2, 0.25) is 0 Å². The molecule has 1 atom stereocenters. The number of aliphatic carboxylic acids is 1. The van der Waals surface area contributed by atoms with E-state index in [1.54, 1.807) is 0 Å². The third-order valence-electron chi connectivity index (χ3n) is 2.16. The Kier molecular flexibility index (Phi) is 2.63. The normalized spacial score (nSPS) is 23.6. The second kappa shape index (κ2) is 3.52. The first-order chi connectivity index (χ1) is 5.66. The van der Waals surface area contributed by atoms with Crippen LogP contribution in [0.1, 0.15) is 26.2 Å². The Morgan fingerprint density at radius 2 is 2.42 bits per heavy atom. The molecule has 0 aromatic heterocycles. The van der Waals surface area contributed by atoms with Gasteiger partial charge in [-0.2, -0.15) is 0 Å². The van der Waals surface area contributed by atoms with Crippen LogP contribution in [0.25, 0.3) is 0 Å². The molecule has 1 rings (SSSR count). The summed E-state index contributed by atoms with van der Waals surface area (Å²) in [6.07, 6.45) is 3.66. The molecular weight excluding hydrogens is 156 g/mol. The van der Waals surface area contributed by atoms with Crippen LogP contribution < -0.4 is 0 Å². The van der Waals surface area contributed by atoms with Crippen LogP contribution in [-0.2, 0) is 9.59 Å². The highest BCUT2D eigenvalue weighted by molar-refractivity contribution is 6.08. The van der Waals surface area contributed by atoms with Crippen LogP contribution in [0, 0.1) is 5.92 Å². The second-order valence-corrected chi connectivity index (χ2v) is 2.92. The number of carboxylic acid groups (broad SMARTS) is 1. The monoisotopic (exact) mass is 168 g/mol. The highest BCUT2D eigenvalue weighted by Gasteiger charge is 2.29. The summed E-state index contributed by atoms with van der Waals surface area (Å²) in [7, 11) is 0. The molecule has 0 heterocycles. The number of Topliss-reactive ketones (excluding diaryl/α,β-unsaturated/α-hetero) is 1. The van der Waals surface area contributed by atoms with Crippen molar-refractivity contribution in [1.29, 1.82) is 0 Å². The lowest BCUT2D eigenvalue weighted by molar-refractivity contribution is -0.145. The van der Waals surface area contributed by atoms with E-state index in [0.29, 0.717) is 24.8 Å². The predicted molar refractivity (Wildman–Crippen MR) is 43.7 cm³/mol. The fraction of sp³-hybridized carbons (Fsp3) is 0.556. The van der Waals surface area contributed by atoms with E-state index in [4.69, 9.17) is 5.11 Å². The van der Waals surface area contributed by atoms with Crippen molar-refractivity contribution < 1.29 is 14.7 Å². The lowest BCUT2D eigenvalue weighted by atomic mass is 9.86. The van der Waals surface area contributed by atoms with Gasteiger partial charge in [-0.25, -0.2) is 0 Å². The summed E-state index contributed by atoms with van der Waals surface area (Å²) in [5.41, 5.74) is 0.675. The molecular formula is C9H12O3. The Morgan fingerprint density at radius 3 is 2.92 bits per heavy atom. The van der Waals surface area contributed by atoms with E-state index in [0.717, 1.165) is 0 Å². The third kappa shape index (κ3) is 1.55. The quantitative estimate of drug-likeness (QED) is 0.634. The number of allylic oxidation sites excluding steroid dienone is 2. The topological polar surface area (TPSA) is 54.4 Å². The number of hydrogen-bond acceptors (Lipinski definition) is 2. The van der Waals surface area contributed by atoms with Crippen molar-refractivity contribution in [3.8, 4) is 0 Å². The zero-order chi connectivity index (χ0) is 9.14. The van der Waals surface area contributed by atoms with Crippen molar-refractivity contribution in [2.75, 3.05) is 0 Å². The average Bonchev–Trinajstić information content (AvgIpc) is 2.04. The molecule has 0 spiro atoms. The Balaban J connectivity index is 2.80. The fourth-order valence-electron chi connectivity index (χ4n) is 1.43. The van der Waals surface area contributed by atoms with Gasteiger partial charge in [-0.1, -0.05) is 13.0 Å². The number of ketones is 1. The molecule has 3 nitrogen and oxygen atoms in total. The smallest absolute Gasteiger partial charge is 0.314 e. The molecule has 1 aliphatic rings. The summed E-state index contributed by atoms with van der Waals surface area (Å²) in [6, 6.07) is 0. The van der Waals surface area contributed by atoms with Crippen molar-refractivity contribution >= 4 is 11.8 Å². The van der Waals surface area contributed by atoms with Crippen LogP contribution >= 0.6 is 0 Å². The standard InChI is InChI=1S/C9H12O3/c1-2-6-4-3-5-7(8(6)10)9(11)12/h4,7H,2-3,5H2,1H3,(H,11,12). The number of hydrogen-bond donors (Lipinski definition) is 1. The molecule has 0 amide bonds. The minimum absolute atomic E-state index is 0.198. The van der Waals surface area contributed by atoms with Gasteiger partial charge in [0.05, 0.1) is 0 Å². The second-order valence-electron chi connectivity index (χ2n) is 2.92. The Hall–Kier alpha value is -1.12. The minimum Gasteiger partial charge on any atom is -0.481 e. The molecule has 12 heavy (non-hydrogen) atoms. The number of carbonyl (C=O) groups is 2. The van der Waals surface area contributed by atoms with E-state index in [1.165, 1.54) is 0 Å². The molecule has 1 aliphatic carbocycles. The summed E-state index contributed by atoms with van der Waals surface area (Å²) in [4.78, 5) is 21.9. The summed E-state index contributed by atoms with van der Waals surface area (Å²) in [5.74, 6) is -1.97. The SMILES string of the molecule is CCC1=CCCC(C(=O)O)C1=O. The van der Waals surface area contributed by atoms with Gasteiger partial charge in [0, 0.05) is 0 Å². The number of rotatable bonds is 2. The van der Waals surface area contributed by atoms with Gasteiger partial charge in [-0.15, -0.1) is 0 Å². The van der Waals surface area contributed by atoms with Crippen LogP contribution in [0.2, 0.25) is 0 Å². The molecule has 0 aliphatic heterocycles. The first-order valence-electron chi connectivity index (χ1n) is 4.13. The van der Waals surface area contributed by atoms with Crippen LogP contribution in [0.3, 0.4) is 0 Å². The van der Waals surface area contributed by atoms with Gasteiger partial charge < -0.3 is 5.11 Å². The molecule has 0 fully saturated rings. The lowest BCUT2D eigenvalue weighted by Gasteiger charge is -2.16. The van der Waals surface area contributed by atoms with E-state index in [1.807, 2.05) is 13.0 Å². The molecule has 0 saturated carbocycles. The van der Waals surface area contributed by atoms with Gasteiger partial charge >= 0.3 is 5.97 Å². The summed E-state index contributed by atoms with van der Waals surface area (Å²) in [6.45, 7) is 1.87. The Morgan fingerprint density at radius 1 is 1.75 bits per heavy atom. The molecule has 1 N–H and O–H groups in total. The van der Waals surface area contributed by atoms with Crippen molar-refractivity contribution in [3.05, 3.63) is 11.6 Å². The number of carbonyl (C=O) groups excluding carboxylic acids is 1. The fourth-order valence-corrected chi connectivity index (χ4v) is 1.43. The first-order valence-corrected chi connectivity index (χ1v) is 4.13. The van der Waals surface area contributed by atoms with E-state index in [9.17, 15) is 9.59 Å².